The molecule has 14 heavy (non-hydrogen) atoms. The largest absolute Gasteiger partial charge is 0.375 e. The first-order chi connectivity index (χ1) is 6.29. The van der Waals surface area contributed by atoms with Crippen LogP contribution in [0, 0.1) is 6.92 Å². The Bertz CT molecular complexity index is 463. The van der Waals surface area contributed by atoms with E-state index < -0.39 is 15.9 Å². The summed E-state index contributed by atoms with van der Waals surface area (Å²) in [7, 11) is -3.54. The molecule has 3 N–H and O–H groups in total. The molecule has 1 heterocycles. The summed E-state index contributed by atoms with van der Waals surface area (Å²) < 4.78 is 23.3. The summed E-state index contributed by atoms with van der Waals surface area (Å²) in [6.45, 7) is 1.59. The molecule has 0 unspecified atom stereocenters. The first kappa shape index (κ1) is 10.9. The Morgan fingerprint density at radius 1 is 1.57 bits per heavy atom. The standard InChI is InChI=1S/C6H9N3O3S2/c1-3-4(13-6(7)8-3)5(10)9-14(2,11)12/h1-2H3,(H2,7,8)(H,9,10). The van der Waals surface area contributed by atoms with Crippen LogP contribution >= 0.6 is 11.3 Å². The van der Waals surface area contributed by atoms with Gasteiger partial charge >= 0.3 is 0 Å². The molecular weight excluding hydrogens is 226 g/mol. The monoisotopic (exact) mass is 235 g/mol. The molecule has 0 aromatic carbocycles. The number of anilines is 1. The van der Waals surface area contributed by atoms with Crippen LogP contribution in [0.1, 0.15) is 15.4 Å². The molecule has 8 heteroatoms. The molecule has 0 bridgehead atoms. The van der Waals surface area contributed by atoms with Crippen LogP contribution in [0.15, 0.2) is 0 Å². The van der Waals surface area contributed by atoms with E-state index in [0.717, 1.165) is 17.6 Å². The molecule has 78 valence electrons. The van der Waals surface area contributed by atoms with E-state index in [2.05, 4.69) is 4.98 Å². The third-order valence-electron chi connectivity index (χ3n) is 1.30. The third kappa shape index (κ3) is 2.67. The molecular formula is C6H9N3O3S2. The topological polar surface area (TPSA) is 102 Å². The predicted octanol–water partition coefficient (Wildman–Crippen LogP) is -0.277. The van der Waals surface area contributed by atoms with Gasteiger partial charge in [0.15, 0.2) is 5.13 Å². The first-order valence-electron chi connectivity index (χ1n) is 3.54. The molecule has 1 rings (SSSR count). The van der Waals surface area contributed by atoms with Crippen molar-refractivity contribution in [1.29, 1.82) is 0 Å². The highest BCUT2D eigenvalue weighted by Gasteiger charge is 2.17. The summed E-state index contributed by atoms with van der Waals surface area (Å²) >= 11 is 0.953. The number of amides is 1. The van der Waals surface area contributed by atoms with Crippen molar-refractivity contribution in [1.82, 2.24) is 9.71 Å². The summed E-state index contributed by atoms with van der Waals surface area (Å²) in [4.78, 5) is 15.3. The average molecular weight is 235 g/mol. The SMILES string of the molecule is Cc1nc(N)sc1C(=O)NS(C)(=O)=O. The predicted molar refractivity (Wildman–Crippen MR) is 53.6 cm³/mol. The van der Waals surface area contributed by atoms with E-state index in [9.17, 15) is 13.2 Å². The molecule has 0 saturated carbocycles. The number of thiazole rings is 1. The van der Waals surface area contributed by atoms with Crippen molar-refractivity contribution in [2.75, 3.05) is 12.0 Å². The molecule has 0 aliphatic carbocycles. The molecule has 0 radical (unpaired) electrons. The van der Waals surface area contributed by atoms with E-state index in [1.807, 2.05) is 4.72 Å². The van der Waals surface area contributed by atoms with E-state index in [4.69, 9.17) is 5.73 Å². The fourth-order valence-electron chi connectivity index (χ4n) is 0.843. The highest BCUT2D eigenvalue weighted by Crippen LogP contribution is 2.19. The zero-order chi connectivity index (χ0) is 10.9. The summed E-state index contributed by atoms with van der Waals surface area (Å²) in [6, 6.07) is 0. The second kappa shape index (κ2) is 3.54. The van der Waals surface area contributed by atoms with Crippen molar-refractivity contribution >= 4 is 32.4 Å². The van der Waals surface area contributed by atoms with Gasteiger partial charge in [-0.05, 0) is 6.92 Å². The van der Waals surface area contributed by atoms with Crippen LogP contribution in [0.2, 0.25) is 0 Å². The molecule has 0 saturated heterocycles. The Morgan fingerprint density at radius 2 is 2.14 bits per heavy atom. The fraction of sp³-hybridized carbons (Fsp3) is 0.333. The minimum atomic E-state index is -3.54. The lowest BCUT2D eigenvalue weighted by molar-refractivity contribution is 0.0985. The minimum absolute atomic E-state index is 0.216. The Kier molecular flexibility index (Phi) is 2.76. The van der Waals surface area contributed by atoms with E-state index in [-0.39, 0.29) is 10.0 Å². The van der Waals surface area contributed by atoms with Gasteiger partial charge < -0.3 is 5.73 Å². The number of carbonyl (C=O) groups is 1. The maximum atomic E-state index is 11.3. The van der Waals surface area contributed by atoms with Gasteiger partial charge in [0.1, 0.15) is 4.88 Å². The van der Waals surface area contributed by atoms with Crippen LogP contribution < -0.4 is 10.5 Å². The average Bonchev–Trinajstić information content (AvgIpc) is 2.26. The van der Waals surface area contributed by atoms with Gasteiger partial charge in [-0.1, -0.05) is 11.3 Å². The van der Waals surface area contributed by atoms with Gasteiger partial charge in [-0.3, -0.25) is 4.79 Å². The van der Waals surface area contributed by atoms with Crippen molar-refractivity contribution in [3.63, 3.8) is 0 Å². The number of aromatic nitrogens is 1. The van der Waals surface area contributed by atoms with Crippen LogP contribution in [0.5, 0.6) is 0 Å². The normalized spacial score (nSPS) is 11.3. The van der Waals surface area contributed by atoms with Gasteiger partial charge in [-0.15, -0.1) is 0 Å². The number of hydrogen-bond acceptors (Lipinski definition) is 6. The lowest BCUT2D eigenvalue weighted by atomic mass is 10.4. The van der Waals surface area contributed by atoms with Crippen LogP contribution in [0.3, 0.4) is 0 Å². The van der Waals surface area contributed by atoms with Crippen LogP contribution in [0.4, 0.5) is 5.13 Å². The molecule has 0 spiro atoms. The van der Waals surface area contributed by atoms with Crippen LogP contribution in [0.25, 0.3) is 0 Å². The van der Waals surface area contributed by atoms with Crippen LogP contribution in [-0.4, -0.2) is 25.6 Å². The number of rotatable bonds is 2. The summed E-state index contributed by atoms with van der Waals surface area (Å²) in [5, 5.41) is 0.237. The van der Waals surface area contributed by atoms with Gasteiger partial charge in [0.2, 0.25) is 10.0 Å². The number of carbonyl (C=O) groups excluding carboxylic acids is 1. The van der Waals surface area contributed by atoms with E-state index in [1.165, 1.54) is 0 Å². The van der Waals surface area contributed by atoms with Gasteiger partial charge in [-0.25, -0.2) is 18.1 Å². The zero-order valence-electron chi connectivity index (χ0n) is 7.57. The molecule has 0 fully saturated rings. The van der Waals surface area contributed by atoms with Crippen molar-refractivity contribution < 1.29 is 13.2 Å². The number of hydrogen-bond donors (Lipinski definition) is 2. The number of sulfonamides is 1. The van der Waals surface area contributed by atoms with Crippen LogP contribution in [-0.2, 0) is 10.0 Å². The van der Waals surface area contributed by atoms with Gasteiger partial charge in [0.05, 0.1) is 11.9 Å². The minimum Gasteiger partial charge on any atom is -0.375 e. The molecule has 1 aromatic rings. The van der Waals surface area contributed by atoms with Crippen molar-refractivity contribution in [3.05, 3.63) is 10.6 Å². The highest BCUT2D eigenvalue weighted by molar-refractivity contribution is 7.89. The maximum Gasteiger partial charge on any atom is 0.276 e. The van der Waals surface area contributed by atoms with E-state index >= 15 is 0 Å². The third-order valence-corrected chi connectivity index (χ3v) is 2.84. The van der Waals surface area contributed by atoms with Gasteiger partial charge in [0, 0.05) is 0 Å². The molecule has 0 atom stereocenters. The summed E-state index contributed by atoms with van der Waals surface area (Å²) in [5.74, 6) is -0.695. The molecule has 0 aliphatic rings. The number of nitrogens with two attached hydrogens (primary N) is 1. The van der Waals surface area contributed by atoms with Crippen molar-refractivity contribution in [3.8, 4) is 0 Å². The molecule has 1 aromatic heterocycles. The fourth-order valence-corrected chi connectivity index (χ4v) is 2.07. The Hall–Kier alpha value is -1.15. The van der Waals surface area contributed by atoms with Crippen molar-refractivity contribution in [2.24, 2.45) is 0 Å². The maximum absolute atomic E-state index is 11.3. The molecule has 1 amide bonds. The molecule has 0 aliphatic heterocycles. The lowest BCUT2D eigenvalue weighted by Gasteiger charge is -1.99. The van der Waals surface area contributed by atoms with E-state index in [1.54, 1.807) is 6.92 Å². The van der Waals surface area contributed by atoms with Gasteiger partial charge in [0.25, 0.3) is 5.91 Å². The number of nitrogens with one attached hydrogen (secondary N) is 1. The second-order valence-electron chi connectivity index (χ2n) is 2.67. The number of nitrogen functional groups attached to an aromatic ring is 1. The van der Waals surface area contributed by atoms with Gasteiger partial charge in [-0.2, -0.15) is 0 Å². The Morgan fingerprint density at radius 3 is 2.50 bits per heavy atom. The van der Waals surface area contributed by atoms with E-state index in [0.29, 0.717) is 5.69 Å². The first-order valence-corrected chi connectivity index (χ1v) is 6.25. The zero-order valence-corrected chi connectivity index (χ0v) is 9.20. The second-order valence-corrected chi connectivity index (χ2v) is 5.45. The highest BCUT2D eigenvalue weighted by atomic mass is 32.2. The summed E-state index contributed by atoms with van der Waals surface area (Å²) in [5.41, 5.74) is 5.78. The quantitative estimate of drug-likeness (QED) is 0.734. The van der Waals surface area contributed by atoms with Crippen molar-refractivity contribution in [2.45, 2.75) is 6.92 Å². The molecule has 6 nitrogen and oxygen atoms in total. The lowest BCUT2D eigenvalue weighted by Crippen LogP contribution is -2.29. The Labute approximate surface area is 85.2 Å². The summed E-state index contributed by atoms with van der Waals surface area (Å²) in [6.07, 6.45) is 0.907. The Balaban J connectivity index is 2.96. The smallest absolute Gasteiger partial charge is 0.276 e. The number of nitrogens with zero attached hydrogens (tertiary/aromatic N) is 1. The number of aryl methyl sites for hydroxylation is 1.